The first-order valence-electron chi connectivity index (χ1n) is 10.7. The number of rotatable bonds is 5. The van der Waals surface area contributed by atoms with Gasteiger partial charge in [-0.1, -0.05) is 44.8 Å². The molecule has 4 rings (SSSR count). The Hall–Kier alpha value is -1.96. The summed E-state index contributed by atoms with van der Waals surface area (Å²) in [6.07, 6.45) is -1.40. The predicted molar refractivity (Wildman–Crippen MR) is 131 cm³/mol. The van der Waals surface area contributed by atoms with Crippen molar-refractivity contribution in [2.45, 2.75) is 9.79 Å². The third-order valence-corrected chi connectivity index (χ3v) is 8.42. The van der Waals surface area contributed by atoms with Crippen molar-refractivity contribution in [2.75, 3.05) is 52.6 Å². The van der Waals surface area contributed by atoms with E-state index in [0.29, 0.717) is 62.4 Å². The summed E-state index contributed by atoms with van der Waals surface area (Å²) in [5.74, 6) is -2.17. The maximum Gasteiger partial charge on any atom is 0.415 e. The van der Waals surface area contributed by atoms with Crippen LogP contribution in [0, 0.1) is 11.6 Å². The number of hydrogen-bond acceptors (Lipinski definition) is 8. The van der Waals surface area contributed by atoms with Crippen LogP contribution < -0.4 is 9.47 Å². The summed E-state index contributed by atoms with van der Waals surface area (Å²) in [6, 6.07) is 4.66. The fraction of sp³-hybridized carbons (Fsp3) is 0.364. The maximum absolute atomic E-state index is 14.4. The SMILES string of the molecule is O=C(Oc1cc(SSc2cc(OC(=O)N3CCOCC3)c(F)cc2Cl)c(Cl)cc1F)N1CCOCC1. The lowest BCUT2D eigenvalue weighted by Gasteiger charge is -2.26. The van der Waals surface area contributed by atoms with Gasteiger partial charge in [0.25, 0.3) is 0 Å². The number of nitrogens with zero attached hydrogens (tertiary/aromatic N) is 2. The van der Waals surface area contributed by atoms with E-state index < -0.39 is 23.8 Å². The summed E-state index contributed by atoms with van der Waals surface area (Å²) >= 11 is 12.4. The molecule has 0 aliphatic carbocycles. The van der Waals surface area contributed by atoms with Gasteiger partial charge in [0.15, 0.2) is 23.1 Å². The summed E-state index contributed by atoms with van der Waals surface area (Å²) < 4.78 is 49.7. The van der Waals surface area contributed by atoms with Crippen molar-refractivity contribution in [1.82, 2.24) is 9.80 Å². The van der Waals surface area contributed by atoms with Gasteiger partial charge >= 0.3 is 12.2 Å². The molecule has 2 aromatic carbocycles. The van der Waals surface area contributed by atoms with Crippen molar-refractivity contribution in [3.05, 3.63) is 45.9 Å². The molecule has 36 heavy (non-hydrogen) atoms. The molecule has 0 bridgehead atoms. The summed E-state index contributed by atoms with van der Waals surface area (Å²) in [5, 5.41) is 0.154. The van der Waals surface area contributed by atoms with Gasteiger partial charge in [0.2, 0.25) is 0 Å². The first-order chi connectivity index (χ1) is 17.3. The molecular formula is C22H20Cl2F2N2O6S2. The molecular weight excluding hydrogens is 561 g/mol. The normalized spacial score (nSPS) is 16.1. The van der Waals surface area contributed by atoms with Crippen molar-refractivity contribution in [2.24, 2.45) is 0 Å². The molecule has 2 aromatic rings. The fourth-order valence-corrected chi connectivity index (χ4v) is 6.14. The minimum atomic E-state index is -0.798. The predicted octanol–water partition coefficient (Wildman–Crippen LogP) is 5.73. The highest BCUT2D eigenvalue weighted by molar-refractivity contribution is 8.76. The Morgan fingerprint density at radius 2 is 1.08 bits per heavy atom. The Morgan fingerprint density at radius 3 is 1.44 bits per heavy atom. The molecule has 194 valence electrons. The van der Waals surface area contributed by atoms with Crippen LogP contribution in [0.1, 0.15) is 0 Å². The first-order valence-corrected chi connectivity index (χ1v) is 13.6. The van der Waals surface area contributed by atoms with Gasteiger partial charge in [-0.15, -0.1) is 0 Å². The van der Waals surface area contributed by atoms with Crippen LogP contribution >= 0.6 is 44.8 Å². The zero-order valence-corrected chi connectivity index (χ0v) is 21.8. The van der Waals surface area contributed by atoms with E-state index in [4.69, 9.17) is 42.1 Å². The zero-order chi connectivity index (χ0) is 25.7. The maximum atomic E-state index is 14.4. The molecule has 0 spiro atoms. The van der Waals surface area contributed by atoms with Crippen molar-refractivity contribution in [1.29, 1.82) is 0 Å². The van der Waals surface area contributed by atoms with Crippen LogP contribution in [-0.2, 0) is 9.47 Å². The molecule has 2 amide bonds. The van der Waals surface area contributed by atoms with E-state index in [9.17, 15) is 18.4 Å². The van der Waals surface area contributed by atoms with E-state index in [2.05, 4.69) is 0 Å². The lowest BCUT2D eigenvalue weighted by atomic mass is 10.3. The third kappa shape index (κ3) is 6.87. The lowest BCUT2D eigenvalue weighted by molar-refractivity contribution is 0.0412. The molecule has 0 atom stereocenters. The minimum Gasteiger partial charge on any atom is -0.407 e. The van der Waals surface area contributed by atoms with Gasteiger partial charge in [-0.05, 0) is 12.1 Å². The molecule has 0 aromatic heterocycles. The van der Waals surface area contributed by atoms with Crippen LogP contribution in [-0.4, -0.2) is 74.6 Å². The molecule has 2 fully saturated rings. The molecule has 14 heteroatoms. The number of carbonyl (C=O) groups is 2. The van der Waals surface area contributed by atoms with E-state index in [-0.39, 0.29) is 21.5 Å². The lowest BCUT2D eigenvalue weighted by Crippen LogP contribution is -2.42. The number of ether oxygens (including phenoxy) is 4. The number of benzene rings is 2. The molecule has 2 aliphatic heterocycles. The average Bonchev–Trinajstić information content (AvgIpc) is 2.88. The van der Waals surface area contributed by atoms with Gasteiger partial charge in [0.1, 0.15) is 0 Å². The second-order valence-electron chi connectivity index (χ2n) is 7.53. The van der Waals surface area contributed by atoms with Crippen LogP contribution in [0.25, 0.3) is 0 Å². The summed E-state index contributed by atoms with van der Waals surface area (Å²) in [5.41, 5.74) is 0. The second-order valence-corrected chi connectivity index (χ2v) is 10.6. The number of carbonyl (C=O) groups excluding carboxylic acids is 2. The average molecular weight is 581 g/mol. The Bertz CT molecular complexity index is 1050. The van der Waals surface area contributed by atoms with E-state index in [1.807, 2.05) is 0 Å². The Kier molecular flexibility index (Phi) is 9.42. The van der Waals surface area contributed by atoms with Crippen molar-refractivity contribution in [3.63, 3.8) is 0 Å². The topological polar surface area (TPSA) is 77.5 Å². The molecule has 2 heterocycles. The summed E-state index contributed by atoms with van der Waals surface area (Å²) in [4.78, 5) is 28.3. The van der Waals surface area contributed by atoms with Gasteiger partial charge in [0, 0.05) is 48.1 Å². The van der Waals surface area contributed by atoms with Crippen molar-refractivity contribution >= 4 is 57.0 Å². The van der Waals surface area contributed by atoms with Gasteiger partial charge in [0.05, 0.1) is 36.5 Å². The second kappa shape index (κ2) is 12.5. The van der Waals surface area contributed by atoms with E-state index >= 15 is 0 Å². The molecule has 0 radical (unpaired) electrons. The molecule has 8 nitrogen and oxygen atoms in total. The van der Waals surface area contributed by atoms with Crippen LogP contribution in [0.3, 0.4) is 0 Å². The number of amides is 2. The Labute approximate surface area is 223 Å². The molecule has 2 aliphatic rings. The Morgan fingerprint density at radius 1 is 0.722 bits per heavy atom. The number of morpholine rings is 2. The number of halogens is 4. The van der Waals surface area contributed by atoms with Gasteiger partial charge < -0.3 is 28.7 Å². The van der Waals surface area contributed by atoms with Crippen LogP contribution in [0.15, 0.2) is 34.1 Å². The van der Waals surface area contributed by atoms with E-state index in [0.717, 1.165) is 33.7 Å². The fourth-order valence-electron chi connectivity index (χ4n) is 3.20. The molecule has 0 saturated carbocycles. The summed E-state index contributed by atoms with van der Waals surface area (Å²) in [6.45, 7) is 2.85. The van der Waals surface area contributed by atoms with E-state index in [1.54, 1.807) is 0 Å². The van der Waals surface area contributed by atoms with Crippen molar-refractivity contribution in [3.8, 4) is 11.5 Å². The van der Waals surface area contributed by atoms with Crippen molar-refractivity contribution < 1.29 is 37.3 Å². The van der Waals surface area contributed by atoms with Crippen LogP contribution in [0.2, 0.25) is 10.0 Å². The largest absolute Gasteiger partial charge is 0.415 e. The van der Waals surface area contributed by atoms with Gasteiger partial charge in [-0.3, -0.25) is 0 Å². The Balaban J connectivity index is 1.45. The quantitative estimate of drug-likeness (QED) is 0.415. The number of hydrogen-bond donors (Lipinski definition) is 0. The van der Waals surface area contributed by atoms with Gasteiger partial charge in [-0.2, -0.15) is 0 Å². The van der Waals surface area contributed by atoms with Gasteiger partial charge in [-0.25, -0.2) is 18.4 Å². The standard InChI is InChI=1S/C22H20Cl2F2N2O6S2/c23-13-9-15(25)17(33-21(29)27-1-5-31-6-2-27)11-19(13)35-36-20-12-18(16(26)10-14(20)24)34-22(30)28-3-7-32-8-4-28/h9-12H,1-8H2. The molecule has 0 N–H and O–H groups in total. The van der Waals surface area contributed by atoms with E-state index in [1.165, 1.54) is 21.9 Å². The van der Waals surface area contributed by atoms with Crippen LogP contribution in [0.5, 0.6) is 11.5 Å². The third-order valence-electron chi connectivity index (χ3n) is 5.13. The zero-order valence-electron chi connectivity index (χ0n) is 18.6. The molecule has 2 saturated heterocycles. The van der Waals surface area contributed by atoms with Crippen LogP contribution in [0.4, 0.5) is 18.4 Å². The highest BCUT2D eigenvalue weighted by Gasteiger charge is 2.23. The first kappa shape index (κ1) is 27.1. The monoisotopic (exact) mass is 580 g/mol. The molecule has 0 unspecified atom stereocenters. The summed E-state index contributed by atoms with van der Waals surface area (Å²) in [7, 11) is 2.16. The highest BCUT2D eigenvalue weighted by atomic mass is 35.5. The smallest absolute Gasteiger partial charge is 0.407 e. The highest BCUT2D eigenvalue weighted by Crippen LogP contribution is 2.46. The minimum absolute atomic E-state index is 0.0772.